The Morgan fingerprint density at radius 1 is 1.15 bits per heavy atom. The van der Waals surface area contributed by atoms with Gasteiger partial charge in [0.1, 0.15) is 11.5 Å². The molecule has 0 spiro atoms. The van der Waals surface area contributed by atoms with E-state index in [4.69, 9.17) is 4.74 Å². The summed E-state index contributed by atoms with van der Waals surface area (Å²) >= 11 is 0. The van der Waals surface area contributed by atoms with Crippen molar-refractivity contribution in [2.75, 3.05) is 25.5 Å². The molecular formula is C22H22N4O. The molecule has 1 aliphatic rings. The van der Waals surface area contributed by atoms with E-state index in [-0.39, 0.29) is 0 Å². The van der Waals surface area contributed by atoms with E-state index in [2.05, 4.69) is 50.5 Å². The first-order chi connectivity index (χ1) is 13.3. The number of hydrogen-bond donors (Lipinski definition) is 1. The minimum atomic E-state index is 0.646. The van der Waals surface area contributed by atoms with Crippen LogP contribution in [0.4, 0.5) is 5.95 Å². The lowest BCUT2D eigenvalue weighted by atomic mass is 10.1. The maximum Gasteiger partial charge on any atom is 0.223 e. The third kappa shape index (κ3) is 4.44. The second kappa shape index (κ2) is 7.91. The number of fused-ring (bicyclic) bond motifs is 1. The Kier molecular flexibility index (Phi) is 5.01. The molecule has 5 heteroatoms. The number of allylic oxidation sites excluding steroid dienone is 1. The van der Waals surface area contributed by atoms with E-state index in [1.54, 1.807) is 0 Å². The van der Waals surface area contributed by atoms with Crippen molar-refractivity contribution in [3.8, 4) is 5.75 Å². The van der Waals surface area contributed by atoms with Crippen molar-refractivity contribution in [2.45, 2.75) is 6.42 Å². The van der Waals surface area contributed by atoms with Gasteiger partial charge in [-0.05, 0) is 42.3 Å². The third-order valence-corrected chi connectivity index (χ3v) is 4.40. The first-order valence-electron chi connectivity index (χ1n) is 9.07. The molecule has 5 nitrogen and oxygen atoms in total. The largest absolute Gasteiger partial charge is 0.458 e. The van der Waals surface area contributed by atoms with Gasteiger partial charge >= 0.3 is 0 Å². The molecular weight excluding hydrogens is 336 g/mol. The fourth-order valence-electron chi connectivity index (χ4n) is 2.90. The van der Waals surface area contributed by atoms with Gasteiger partial charge in [0.2, 0.25) is 5.95 Å². The molecule has 1 N–H and O–H groups in total. The first-order valence-corrected chi connectivity index (χ1v) is 9.07. The Bertz CT molecular complexity index is 982. The standard InChI is InChI=1S/C22H22N4O/c1-26-13-10-19(11-14-26)27-20-7-8-21-18(15-20)16-24-22(25-21)23-12-9-17-5-3-2-4-6-17/h2-8,10-11,13,15-16H,9,12,14H2,1H3,(H,23,24,25). The van der Waals surface area contributed by atoms with E-state index in [9.17, 15) is 0 Å². The van der Waals surface area contributed by atoms with Crippen LogP contribution in [0.5, 0.6) is 5.75 Å². The molecule has 1 aliphatic heterocycles. The molecule has 3 aromatic rings. The first kappa shape index (κ1) is 17.1. The van der Waals surface area contributed by atoms with Crippen LogP contribution in [0, 0.1) is 0 Å². The zero-order chi connectivity index (χ0) is 18.5. The van der Waals surface area contributed by atoms with Crippen molar-refractivity contribution in [1.82, 2.24) is 14.9 Å². The summed E-state index contributed by atoms with van der Waals surface area (Å²) < 4.78 is 5.93. The molecule has 0 aliphatic carbocycles. The molecule has 1 aromatic heterocycles. The Morgan fingerprint density at radius 3 is 2.85 bits per heavy atom. The van der Waals surface area contributed by atoms with Gasteiger partial charge in [-0.15, -0.1) is 0 Å². The third-order valence-electron chi connectivity index (χ3n) is 4.40. The number of benzene rings is 2. The van der Waals surface area contributed by atoms with Crippen molar-refractivity contribution in [3.63, 3.8) is 0 Å². The van der Waals surface area contributed by atoms with Crippen LogP contribution < -0.4 is 10.1 Å². The number of anilines is 1. The van der Waals surface area contributed by atoms with Gasteiger partial charge in [0.15, 0.2) is 0 Å². The van der Waals surface area contributed by atoms with Crippen molar-refractivity contribution >= 4 is 16.9 Å². The maximum atomic E-state index is 5.93. The van der Waals surface area contributed by atoms with Gasteiger partial charge < -0.3 is 15.0 Å². The van der Waals surface area contributed by atoms with Crippen molar-refractivity contribution in [3.05, 3.63) is 84.4 Å². The van der Waals surface area contributed by atoms with E-state index in [1.165, 1.54) is 5.56 Å². The average molecular weight is 358 g/mol. The zero-order valence-corrected chi connectivity index (χ0v) is 15.3. The molecule has 2 heterocycles. The van der Waals surface area contributed by atoms with Crippen LogP contribution in [0.25, 0.3) is 10.9 Å². The topological polar surface area (TPSA) is 50.3 Å². The predicted molar refractivity (Wildman–Crippen MR) is 109 cm³/mol. The van der Waals surface area contributed by atoms with Gasteiger partial charge in [0.25, 0.3) is 0 Å². The van der Waals surface area contributed by atoms with Gasteiger partial charge in [-0.1, -0.05) is 30.3 Å². The van der Waals surface area contributed by atoms with Crippen molar-refractivity contribution in [1.29, 1.82) is 0 Å². The van der Waals surface area contributed by atoms with E-state index < -0.39 is 0 Å². The molecule has 136 valence electrons. The maximum absolute atomic E-state index is 5.93. The molecule has 27 heavy (non-hydrogen) atoms. The summed E-state index contributed by atoms with van der Waals surface area (Å²) in [7, 11) is 2.03. The van der Waals surface area contributed by atoms with Crippen LogP contribution in [0.3, 0.4) is 0 Å². The predicted octanol–water partition coefficient (Wildman–Crippen LogP) is 4.01. The molecule has 0 radical (unpaired) electrons. The normalized spacial score (nSPS) is 13.5. The lowest BCUT2D eigenvalue weighted by Crippen LogP contribution is -2.15. The molecule has 0 unspecified atom stereocenters. The number of nitrogens with one attached hydrogen (secondary N) is 1. The highest BCUT2D eigenvalue weighted by Crippen LogP contribution is 2.22. The lowest BCUT2D eigenvalue weighted by molar-refractivity contribution is 0.416. The summed E-state index contributed by atoms with van der Waals surface area (Å²) in [5.74, 6) is 2.29. The fourth-order valence-corrected chi connectivity index (χ4v) is 2.90. The van der Waals surface area contributed by atoms with Gasteiger partial charge in [0.05, 0.1) is 5.52 Å². The van der Waals surface area contributed by atoms with Crippen LogP contribution in [-0.2, 0) is 6.42 Å². The smallest absolute Gasteiger partial charge is 0.223 e. The highest BCUT2D eigenvalue weighted by atomic mass is 16.5. The molecule has 2 aromatic carbocycles. The lowest BCUT2D eigenvalue weighted by Gasteiger charge is -2.17. The Hall–Kier alpha value is -3.34. The van der Waals surface area contributed by atoms with Crippen LogP contribution in [0.15, 0.2) is 78.8 Å². The Balaban J connectivity index is 1.40. The molecule has 0 amide bonds. The SMILES string of the molecule is CN1C=CC(Oc2ccc3nc(NCCc4ccccc4)ncc3c2)=CC1. The molecule has 0 fully saturated rings. The highest BCUT2D eigenvalue weighted by molar-refractivity contribution is 5.80. The summed E-state index contributed by atoms with van der Waals surface area (Å²) in [5, 5.41) is 4.25. The van der Waals surface area contributed by atoms with E-state index >= 15 is 0 Å². The summed E-state index contributed by atoms with van der Waals surface area (Å²) in [6, 6.07) is 16.3. The van der Waals surface area contributed by atoms with E-state index in [0.29, 0.717) is 5.95 Å². The van der Waals surface area contributed by atoms with Gasteiger partial charge in [0, 0.05) is 37.9 Å². The number of ether oxygens (including phenoxy) is 1. The van der Waals surface area contributed by atoms with Crippen LogP contribution in [-0.4, -0.2) is 35.0 Å². The van der Waals surface area contributed by atoms with Gasteiger partial charge in [-0.3, -0.25) is 0 Å². The summed E-state index contributed by atoms with van der Waals surface area (Å²) in [4.78, 5) is 11.1. The Labute approximate surface area is 159 Å². The second-order valence-corrected chi connectivity index (χ2v) is 6.54. The number of likely N-dealkylation sites (N-methyl/N-ethyl adjacent to an activating group) is 1. The van der Waals surface area contributed by atoms with Crippen LogP contribution >= 0.6 is 0 Å². The quantitative estimate of drug-likeness (QED) is 0.722. The molecule has 0 saturated carbocycles. The summed E-state index contributed by atoms with van der Waals surface area (Å²) in [5.41, 5.74) is 2.19. The van der Waals surface area contributed by atoms with E-state index in [1.807, 2.05) is 49.8 Å². The fraction of sp³-hybridized carbons (Fsp3) is 0.182. The highest BCUT2D eigenvalue weighted by Gasteiger charge is 2.06. The minimum Gasteiger partial charge on any atom is -0.458 e. The number of nitrogens with zero attached hydrogens (tertiary/aromatic N) is 3. The summed E-state index contributed by atoms with van der Waals surface area (Å²) in [6.45, 7) is 1.65. The molecule has 0 bridgehead atoms. The molecule has 0 atom stereocenters. The zero-order valence-electron chi connectivity index (χ0n) is 15.3. The minimum absolute atomic E-state index is 0.646. The van der Waals surface area contributed by atoms with Crippen molar-refractivity contribution < 1.29 is 4.74 Å². The molecule has 0 saturated heterocycles. The van der Waals surface area contributed by atoms with Crippen LogP contribution in [0.2, 0.25) is 0 Å². The molecule has 4 rings (SSSR count). The van der Waals surface area contributed by atoms with Gasteiger partial charge in [-0.2, -0.15) is 0 Å². The average Bonchev–Trinajstić information content (AvgIpc) is 2.71. The Morgan fingerprint density at radius 2 is 2.04 bits per heavy atom. The summed E-state index contributed by atoms with van der Waals surface area (Å²) in [6.07, 6.45) is 8.79. The number of aromatic nitrogens is 2. The second-order valence-electron chi connectivity index (χ2n) is 6.54. The van der Waals surface area contributed by atoms with E-state index in [0.717, 1.165) is 41.9 Å². The van der Waals surface area contributed by atoms with Crippen molar-refractivity contribution in [2.24, 2.45) is 0 Å². The number of rotatable bonds is 6. The monoisotopic (exact) mass is 358 g/mol. The van der Waals surface area contributed by atoms with Gasteiger partial charge in [-0.25, -0.2) is 9.97 Å². The van der Waals surface area contributed by atoms with Crippen LogP contribution in [0.1, 0.15) is 5.56 Å². The number of hydrogen-bond acceptors (Lipinski definition) is 5.